The van der Waals surface area contributed by atoms with Gasteiger partial charge in [-0.2, -0.15) is 0 Å². The Morgan fingerprint density at radius 1 is 1.14 bits per heavy atom. The van der Waals surface area contributed by atoms with Crippen molar-refractivity contribution in [3.05, 3.63) is 29.3 Å². The van der Waals surface area contributed by atoms with Crippen LogP contribution in [-0.2, 0) is 4.79 Å². The van der Waals surface area contributed by atoms with Crippen molar-refractivity contribution in [2.24, 2.45) is 5.92 Å². The van der Waals surface area contributed by atoms with E-state index in [0.717, 1.165) is 38.8 Å². The molecule has 0 bridgehead atoms. The molecule has 1 aliphatic carbocycles. The van der Waals surface area contributed by atoms with E-state index in [-0.39, 0.29) is 18.0 Å². The third-order valence-corrected chi connectivity index (χ3v) is 4.39. The van der Waals surface area contributed by atoms with Gasteiger partial charge in [-0.25, -0.2) is 4.79 Å². The standard InChI is InChI=1S/C16H20ClN3O2/c17-12-2-1-3-14(10-12)19-16(22)18-13-6-8-20(9-7-13)15(21)11-4-5-11/h1-3,10-11,13H,4-9H2,(H2,18,19,22). The predicted octanol–water partition coefficient (Wildman–Crippen LogP) is 2.86. The first-order valence-corrected chi connectivity index (χ1v) is 8.11. The molecular formula is C16H20ClN3O2. The highest BCUT2D eigenvalue weighted by Gasteiger charge is 2.35. The molecule has 118 valence electrons. The van der Waals surface area contributed by atoms with Crippen LogP contribution in [0, 0.1) is 5.92 Å². The predicted molar refractivity (Wildman–Crippen MR) is 85.9 cm³/mol. The van der Waals surface area contributed by atoms with Gasteiger partial charge in [0.05, 0.1) is 0 Å². The van der Waals surface area contributed by atoms with E-state index in [4.69, 9.17) is 11.6 Å². The first kappa shape index (κ1) is 15.2. The summed E-state index contributed by atoms with van der Waals surface area (Å²) in [6, 6.07) is 6.94. The van der Waals surface area contributed by atoms with Gasteiger partial charge in [0.1, 0.15) is 0 Å². The van der Waals surface area contributed by atoms with E-state index in [0.29, 0.717) is 16.6 Å². The molecule has 6 heteroatoms. The summed E-state index contributed by atoms with van der Waals surface area (Å²) >= 11 is 5.89. The maximum Gasteiger partial charge on any atom is 0.319 e. The molecule has 3 amide bonds. The van der Waals surface area contributed by atoms with Crippen LogP contribution in [0.5, 0.6) is 0 Å². The van der Waals surface area contributed by atoms with E-state index in [1.165, 1.54) is 0 Å². The molecule has 22 heavy (non-hydrogen) atoms. The van der Waals surface area contributed by atoms with Gasteiger partial charge in [0.25, 0.3) is 0 Å². The minimum Gasteiger partial charge on any atom is -0.342 e. The summed E-state index contributed by atoms with van der Waals surface area (Å²) in [5.74, 6) is 0.567. The molecule has 3 rings (SSSR count). The second kappa shape index (κ2) is 6.57. The summed E-state index contributed by atoms with van der Waals surface area (Å²) in [5.41, 5.74) is 0.673. The molecule has 1 saturated heterocycles. The molecule has 2 N–H and O–H groups in total. The second-order valence-electron chi connectivity index (χ2n) is 5.98. The molecule has 0 atom stereocenters. The lowest BCUT2D eigenvalue weighted by Crippen LogP contribution is -2.47. The summed E-state index contributed by atoms with van der Waals surface area (Å²) in [6.45, 7) is 1.47. The van der Waals surface area contributed by atoms with Crippen LogP contribution in [0.25, 0.3) is 0 Å². The number of anilines is 1. The Balaban J connectivity index is 1.44. The lowest BCUT2D eigenvalue weighted by Gasteiger charge is -2.32. The number of amides is 3. The number of nitrogens with zero attached hydrogens (tertiary/aromatic N) is 1. The average Bonchev–Trinajstić information content (AvgIpc) is 3.32. The van der Waals surface area contributed by atoms with E-state index in [1.54, 1.807) is 24.3 Å². The summed E-state index contributed by atoms with van der Waals surface area (Å²) in [4.78, 5) is 25.9. The number of likely N-dealkylation sites (tertiary alicyclic amines) is 1. The van der Waals surface area contributed by atoms with Gasteiger partial charge in [0, 0.05) is 35.8 Å². The summed E-state index contributed by atoms with van der Waals surface area (Å²) in [7, 11) is 0. The SMILES string of the molecule is O=C(Nc1cccc(Cl)c1)NC1CCN(C(=O)C2CC2)CC1. The number of hydrogen-bond acceptors (Lipinski definition) is 2. The Kier molecular flexibility index (Phi) is 4.52. The molecule has 0 radical (unpaired) electrons. The number of halogens is 1. The molecule has 1 heterocycles. The van der Waals surface area contributed by atoms with Gasteiger partial charge in [-0.05, 0) is 43.9 Å². The maximum absolute atomic E-state index is 12.0. The van der Waals surface area contributed by atoms with Crippen molar-refractivity contribution in [1.82, 2.24) is 10.2 Å². The zero-order valence-corrected chi connectivity index (χ0v) is 13.1. The van der Waals surface area contributed by atoms with Crippen LogP contribution >= 0.6 is 11.6 Å². The highest BCUT2D eigenvalue weighted by Crippen LogP contribution is 2.31. The molecular weight excluding hydrogens is 302 g/mol. The van der Waals surface area contributed by atoms with Gasteiger partial charge in [0.15, 0.2) is 0 Å². The van der Waals surface area contributed by atoms with Gasteiger partial charge in [-0.1, -0.05) is 17.7 Å². The largest absolute Gasteiger partial charge is 0.342 e. The van der Waals surface area contributed by atoms with Crippen molar-refractivity contribution in [2.75, 3.05) is 18.4 Å². The Bertz CT molecular complexity index is 566. The van der Waals surface area contributed by atoms with Crippen molar-refractivity contribution >= 4 is 29.2 Å². The fraction of sp³-hybridized carbons (Fsp3) is 0.500. The number of carbonyl (C=O) groups excluding carboxylic acids is 2. The molecule has 0 unspecified atom stereocenters. The maximum atomic E-state index is 12.0. The molecule has 0 spiro atoms. The minimum absolute atomic E-state index is 0.113. The molecule has 5 nitrogen and oxygen atoms in total. The summed E-state index contributed by atoms with van der Waals surface area (Å²) in [6.07, 6.45) is 3.70. The Hall–Kier alpha value is -1.75. The third kappa shape index (κ3) is 3.91. The zero-order chi connectivity index (χ0) is 15.5. The Labute approximate surface area is 135 Å². The van der Waals surface area contributed by atoms with E-state index < -0.39 is 0 Å². The zero-order valence-electron chi connectivity index (χ0n) is 12.3. The van der Waals surface area contributed by atoms with Crippen molar-refractivity contribution in [2.45, 2.75) is 31.7 Å². The van der Waals surface area contributed by atoms with Gasteiger partial charge in [-0.15, -0.1) is 0 Å². The minimum atomic E-state index is -0.228. The average molecular weight is 322 g/mol. The van der Waals surface area contributed by atoms with Gasteiger partial charge >= 0.3 is 6.03 Å². The van der Waals surface area contributed by atoms with Crippen LogP contribution in [0.2, 0.25) is 5.02 Å². The first-order chi connectivity index (χ1) is 10.6. The smallest absolute Gasteiger partial charge is 0.319 e. The number of carbonyl (C=O) groups is 2. The molecule has 0 aromatic heterocycles. The number of hydrogen-bond donors (Lipinski definition) is 2. The normalized spacial score (nSPS) is 18.9. The monoisotopic (exact) mass is 321 g/mol. The molecule has 2 fully saturated rings. The van der Waals surface area contributed by atoms with Crippen molar-refractivity contribution < 1.29 is 9.59 Å². The second-order valence-corrected chi connectivity index (χ2v) is 6.42. The highest BCUT2D eigenvalue weighted by atomic mass is 35.5. The van der Waals surface area contributed by atoms with Crippen LogP contribution in [0.3, 0.4) is 0 Å². The third-order valence-electron chi connectivity index (χ3n) is 4.15. The summed E-state index contributed by atoms with van der Waals surface area (Å²) in [5, 5.41) is 6.32. The number of benzene rings is 1. The van der Waals surface area contributed by atoms with Crippen LogP contribution in [0.15, 0.2) is 24.3 Å². The molecule has 1 aromatic carbocycles. The van der Waals surface area contributed by atoms with E-state index in [1.807, 2.05) is 4.90 Å². The number of rotatable bonds is 3. The number of piperidine rings is 1. The van der Waals surface area contributed by atoms with Gasteiger partial charge in [-0.3, -0.25) is 4.79 Å². The van der Waals surface area contributed by atoms with Crippen molar-refractivity contribution in [3.63, 3.8) is 0 Å². The topological polar surface area (TPSA) is 61.4 Å². The molecule has 1 aromatic rings. The van der Waals surface area contributed by atoms with Gasteiger partial charge in [0.2, 0.25) is 5.91 Å². The van der Waals surface area contributed by atoms with E-state index in [2.05, 4.69) is 10.6 Å². The summed E-state index contributed by atoms with van der Waals surface area (Å²) < 4.78 is 0. The van der Waals surface area contributed by atoms with Crippen LogP contribution in [0.4, 0.5) is 10.5 Å². The molecule has 2 aliphatic rings. The number of urea groups is 1. The molecule has 1 aliphatic heterocycles. The Morgan fingerprint density at radius 2 is 1.86 bits per heavy atom. The lowest BCUT2D eigenvalue weighted by atomic mass is 10.0. The quantitative estimate of drug-likeness (QED) is 0.899. The van der Waals surface area contributed by atoms with Crippen LogP contribution in [0.1, 0.15) is 25.7 Å². The van der Waals surface area contributed by atoms with Crippen LogP contribution in [-0.4, -0.2) is 36.0 Å². The number of nitrogens with one attached hydrogen (secondary N) is 2. The Morgan fingerprint density at radius 3 is 2.50 bits per heavy atom. The van der Waals surface area contributed by atoms with Gasteiger partial charge < -0.3 is 15.5 Å². The van der Waals surface area contributed by atoms with Crippen molar-refractivity contribution in [3.8, 4) is 0 Å². The fourth-order valence-corrected chi connectivity index (χ4v) is 2.94. The lowest BCUT2D eigenvalue weighted by molar-refractivity contribution is -0.133. The first-order valence-electron chi connectivity index (χ1n) is 7.74. The van der Waals surface area contributed by atoms with E-state index >= 15 is 0 Å². The van der Waals surface area contributed by atoms with Crippen molar-refractivity contribution in [1.29, 1.82) is 0 Å². The van der Waals surface area contributed by atoms with E-state index in [9.17, 15) is 9.59 Å². The van der Waals surface area contributed by atoms with Crippen LogP contribution < -0.4 is 10.6 Å². The highest BCUT2D eigenvalue weighted by molar-refractivity contribution is 6.30. The molecule has 1 saturated carbocycles. The fourth-order valence-electron chi connectivity index (χ4n) is 2.75.